The fourth-order valence-electron chi connectivity index (χ4n) is 2.30. The van der Waals surface area contributed by atoms with E-state index in [1.54, 1.807) is 23.1 Å². The molecule has 0 bridgehead atoms. The van der Waals surface area contributed by atoms with Gasteiger partial charge in [0, 0.05) is 28.3 Å². The molecule has 1 aliphatic rings. The van der Waals surface area contributed by atoms with Crippen molar-refractivity contribution in [2.75, 3.05) is 18.5 Å². The fourth-order valence-corrected chi connectivity index (χ4v) is 4.21. The third-order valence-corrected chi connectivity index (χ3v) is 5.61. The number of nitrogens with one attached hydrogen (secondary N) is 1. The van der Waals surface area contributed by atoms with Gasteiger partial charge in [0.2, 0.25) is 5.91 Å². The third kappa shape index (κ3) is 3.69. The van der Waals surface area contributed by atoms with Gasteiger partial charge in [0.15, 0.2) is 4.34 Å². The van der Waals surface area contributed by atoms with Crippen molar-refractivity contribution >= 4 is 34.7 Å². The van der Waals surface area contributed by atoms with E-state index in [2.05, 4.69) is 16.4 Å². The standard InChI is InChI=1S/C16H18N2O2S2/c1-10-7-13(22-16-17-11(2)9-21-16)3-4-14(10)18-15(19)12-5-6-20-8-12/h3-4,7,9,12H,5-6,8H2,1-2H3,(H,18,19). The highest BCUT2D eigenvalue weighted by molar-refractivity contribution is 8.01. The molecule has 116 valence electrons. The Morgan fingerprint density at radius 3 is 2.95 bits per heavy atom. The first-order chi connectivity index (χ1) is 10.6. The van der Waals surface area contributed by atoms with Crippen LogP contribution >= 0.6 is 23.1 Å². The van der Waals surface area contributed by atoms with Crippen LogP contribution < -0.4 is 5.32 Å². The van der Waals surface area contributed by atoms with E-state index in [0.29, 0.717) is 13.2 Å². The Bertz CT molecular complexity index is 679. The summed E-state index contributed by atoms with van der Waals surface area (Å²) < 4.78 is 6.30. The van der Waals surface area contributed by atoms with Gasteiger partial charge in [0.1, 0.15) is 0 Å². The maximum Gasteiger partial charge on any atom is 0.229 e. The number of aryl methyl sites for hydroxylation is 2. The third-order valence-electron chi connectivity index (χ3n) is 3.56. The van der Waals surface area contributed by atoms with Crippen molar-refractivity contribution < 1.29 is 9.53 Å². The molecule has 1 aliphatic heterocycles. The topological polar surface area (TPSA) is 51.2 Å². The molecule has 4 nitrogen and oxygen atoms in total. The minimum Gasteiger partial charge on any atom is -0.381 e. The summed E-state index contributed by atoms with van der Waals surface area (Å²) in [5.74, 6) is 0.0308. The van der Waals surface area contributed by atoms with Crippen LogP contribution in [0, 0.1) is 19.8 Å². The van der Waals surface area contributed by atoms with Gasteiger partial charge in [-0.1, -0.05) is 11.8 Å². The van der Waals surface area contributed by atoms with Crippen LogP contribution in [0.25, 0.3) is 0 Å². The molecular weight excluding hydrogens is 316 g/mol. The number of carbonyl (C=O) groups excluding carboxylic acids is 1. The molecule has 1 atom stereocenters. The highest BCUT2D eigenvalue weighted by atomic mass is 32.2. The van der Waals surface area contributed by atoms with Crippen LogP contribution in [0.15, 0.2) is 32.8 Å². The van der Waals surface area contributed by atoms with Gasteiger partial charge in [0.25, 0.3) is 0 Å². The summed E-state index contributed by atoms with van der Waals surface area (Å²) in [6, 6.07) is 6.07. The van der Waals surface area contributed by atoms with Crippen molar-refractivity contribution in [2.45, 2.75) is 29.5 Å². The number of hydrogen-bond donors (Lipinski definition) is 1. The zero-order valence-corrected chi connectivity index (χ0v) is 14.2. The van der Waals surface area contributed by atoms with Crippen LogP contribution in [0.2, 0.25) is 0 Å². The van der Waals surface area contributed by atoms with E-state index < -0.39 is 0 Å². The molecule has 1 amide bonds. The molecule has 0 spiro atoms. The molecule has 1 saturated heterocycles. The van der Waals surface area contributed by atoms with Crippen LogP contribution in [-0.2, 0) is 9.53 Å². The molecule has 0 radical (unpaired) electrons. The molecule has 1 aromatic carbocycles. The van der Waals surface area contributed by atoms with E-state index in [1.165, 1.54) is 0 Å². The van der Waals surface area contributed by atoms with Crippen LogP contribution in [0.5, 0.6) is 0 Å². The zero-order chi connectivity index (χ0) is 15.5. The van der Waals surface area contributed by atoms with E-state index in [1.807, 2.05) is 31.4 Å². The summed E-state index contributed by atoms with van der Waals surface area (Å²) in [6.45, 7) is 5.22. The molecule has 2 aromatic rings. The predicted octanol–water partition coefficient (Wildman–Crippen LogP) is 3.89. The lowest BCUT2D eigenvalue weighted by Gasteiger charge is -2.12. The predicted molar refractivity (Wildman–Crippen MR) is 89.7 cm³/mol. The van der Waals surface area contributed by atoms with Crippen molar-refractivity contribution in [2.24, 2.45) is 5.92 Å². The Kier molecular flexibility index (Phi) is 4.81. The molecule has 0 saturated carbocycles. The second-order valence-corrected chi connectivity index (χ2v) is 7.56. The minimum absolute atomic E-state index is 0.0215. The van der Waals surface area contributed by atoms with Crippen molar-refractivity contribution in [3.8, 4) is 0 Å². The number of amides is 1. The molecule has 2 heterocycles. The number of nitrogens with zero attached hydrogens (tertiary/aromatic N) is 1. The highest BCUT2D eigenvalue weighted by Gasteiger charge is 2.23. The number of ether oxygens (including phenoxy) is 1. The number of aromatic nitrogens is 1. The normalized spacial score (nSPS) is 17.6. The molecular formula is C16H18N2O2S2. The lowest BCUT2D eigenvalue weighted by molar-refractivity contribution is -0.119. The molecule has 22 heavy (non-hydrogen) atoms. The van der Waals surface area contributed by atoms with Crippen molar-refractivity contribution in [1.29, 1.82) is 0 Å². The summed E-state index contributed by atoms with van der Waals surface area (Å²) in [5.41, 5.74) is 2.98. The number of benzene rings is 1. The summed E-state index contributed by atoms with van der Waals surface area (Å²) >= 11 is 3.30. The number of rotatable bonds is 4. The second-order valence-electron chi connectivity index (χ2n) is 5.38. The number of thiazole rings is 1. The summed E-state index contributed by atoms with van der Waals surface area (Å²) in [7, 11) is 0. The fraction of sp³-hybridized carbons (Fsp3) is 0.375. The van der Waals surface area contributed by atoms with Gasteiger partial charge in [-0.3, -0.25) is 4.79 Å². The number of hydrogen-bond acceptors (Lipinski definition) is 5. The summed E-state index contributed by atoms with van der Waals surface area (Å²) in [4.78, 5) is 17.7. The largest absolute Gasteiger partial charge is 0.381 e. The molecule has 0 aliphatic carbocycles. The molecule has 1 fully saturated rings. The first-order valence-electron chi connectivity index (χ1n) is 7.21. The average Bonchev–Trinajstić information content (AvgIpc) is 3.13. The lowest BCUT2D eigenvalue weighted by atomic mass is 10.1. The minimum atomic E-state index is -0.0215. The Morgan fingerprint density at radius 1 is 1.45 bits per heavy atom. The summed E-state index contributed by atoms with van der Waals surface area (Å²) in [6.07, 6.45) is 0.808. The van der Waals surface area contributed by atoms with Crippen molar-refractivity contribution in [1.82, 2.24) is 4.98 Å². The van der Waals surface area contributed by atoms with Gasteiger partial charge in [0.05, 0.1) is 12.5 Å². The molecule has 1 unspecified atom stereocenters. The maximum atomic E-state index is 12.1. The Morgan fingerprint density at radius 2 is 2.32 bits per heavy atom. The monoisotopic (exact) mass is 334 g/mol. The summed E-state index contributed by atoms with van der Waals surface area (Å²) in [5, 5.41) is 5.06. The van der Waals surface area contributed by atoms with Gasteiger partial charge in [-0.15, -0.1) is 11.3 Å². The van der Waals surface area contributed by atoms with Crippen molar-refractivity contribution in [3.63, 3.8) is 0 Å². The zero-order valence-electron chi connectivity index (χ0n) is 12.6. The molecule has 3 rings (SSSR count). The number of anilines is 1. The Balaban J connectivity index is 1.67. The van der Waals surface area contributed by atoms with Crippen LogP contribution in [-0.4, -0.2) is 24.1 Å². The quantitative estimate of drug-likeness (QED) is 0.922. The van der Waals surface area contributed by atoms with Gasteiger partial charge in [-0.2, -0.15) is 0 Å². The highest BCUT2D eigenvalue weighted by Crippen LogP contribution is 2.32. The molecule has 6 heteroatoms. The van der Waals surface area contributed by atoms with Gasteiger partial charge < -0.3 is 10.1 Å². The number of carbonyl (C=O) groups is 1. The SMILES string of the molecule is Cc1csc(Sc2ccc(NC(=O)C3CCOC3)c(C)c2)n1. The van der Waals surface area contributed by atoms with E-state index in [9.17, 15) is 4.79 Å². The van der Waals surface area contributed by atoms with Crippen LogP contribution in [0.1, 0.15) is 17.7 Å². The van der Waals surface area contributed by atoms with Crippen LogP contribution in [0.3, 0.4) is 0 Å². The smallest absolute Gasteiger partial charge is 0.229 e. The van der Waals surface area contributed by atoms with Gasteiger partial charge in [-0.25, -0.2) is 4.98 Å². The second kappa shape index (κ2) is 6.81. The first-order valence-corrected chi connectivity index (χ1v) is 8.90. The maximum absolute atomic E-state index is 12.1. The van der Waals surface area contributed by atoms with Gasteiger partial charge >= 0.3 is 0 Å². The average molecular weight is 334 g/mol. The van der Waals surface area contributed by atoms with E-state index in [4.69, 9.17) is 4.74 Å². The molecule has 1 aromatic heterocycles. The van der Waals surface area contributed by atoms with Crippen LogP contribution in [0.4, 0.5) is 5.69 Å². The first kappa shape index (κ1) is 15.5. The Labute approximate surface area is 138 Å². The van der Waals surface area contributed by atoms with Gasteiger partial charge in [-0.05, 0) is 44.0 Å². The Hall–Kier alpha value is -1.37. The van der Waals surface area contributed by atoms with E-state index in [-0.39, 0.29) is 11.8 Å². The lowest BCUT2D eigenvalue weighted by Crippen LogP contribution is -2.23. The van der Waals surface area contributed by atoms with E-state index in [0.717, 1.165) is 32.6 Å². The van der Waals surface area contributed by atoms with E-state index >= 15 is 0 Å². The molecule has 1 N–H and O–H groups in total. The van der Waals surface area contributed by atoms with Crippen molar-refractivity contribution in [3.05, 3.63) is 34.8 Å².